The Labute approximate surface area is 57.3 Å². The van der Waals surface area contributed by atoms with E-state index in [-0.39, 0.29) is 0 Å². The van der Waals surface area contributed by atoms with Crippen molar-refractivity contribution >= 4 is 8.80 Å². The molecule has 0 heterocycles. The standard InChI is InChI=1S/C5H13O3Si/c1-5-9(6-2,7-3)8-4/h5H,1-4H3. The third kappa shape index (κ3) is 2.06. The van der Waals surface area contributed by atoms with Crippen molar-refractivity contribution in [2.75, 3.05) is 21.3 Å². The molecule has 0 spiro atoms. The van der Waals surface area contributed by atoms with Gasteiger partial charge in [0.15, 0.2) is 0 Å². The van der Waals surface area contributed by atoms with E-state index in [1.165, 1.54) is 0 Å². The van der Waals surface area contributed by atoms with Crippen molar-refractivity contribution in [3.05, 3.63) is 6.04 Å². The highest BCUT2D eigenvalue weighted by atomic mass is 28.4. The first-order valence-electron chi connectivity index (χ1n) is 2.70. The zero-order valence-corrected chi connectivity index (χ0v) is 7.30. The van der Waals surface area contributed by atoms with Crippen LogP contribution in [-0.4, -0.2) is 30.1 Å². The SMILES string of the molecule is C[CH][Si](OC)(OC)OC. The van der Waals surface area contributed by atoms with E-state index >= 15 is 0 Å². The van der Waals surface area contributed by atoms with Crippen LogP contribution in [-0.2, 0) is 13.3 Å². The van der Waals surface area contributed by atoms with Crippen molar-refractivity contribution in [2.45, 2.75) is 6.92 Å². The van der Waals surface area contributed by atoms with Gasteiger partial charge in [0.05, 0.1) is 0 Å². The van der Waals surface area contributed by atoms with E-state index in [1.54, 1.807) is 21.3 Å². The fraction of sp³-hybridized carbons (Fsp3) is 0.800. The lowest BCUT2D eigenvalue weighted by Crippen LogP contribution is -2.42. The van der Waals surface area contributed by atoms with Gasteiger partial charge in [0.1, 0.15) is 0 Å². The predicted octanol–water partition coefficient (Wildman–Crippen LogP) is 0.628. The van der Waals surface area contributed by atoms with Crippen LogP contribution in [0.25, 0.3) is 0 Å². The molecule has 0 unspecified atom stereocenters. The second kappa shape index (κ2) is 4.00. The van der Waals surface area contributed by atoms with Crippen LogP contribution < -0.4 is 0 Å². The average Bonchev–Trinajstić information content (AvgIpc) is 1.95. The summed E-state index contributed by atoms with van der Waals surface area (Å²) in [7, 11) is 2.43. The fourth-order valence-electron chi connectivity index (χ4n) is 0.604. The third-order valence-corrected chi connectivity index (χ3v) is 3.62. The predicted molar refractivity (Wildman–Crippen MR) is 36.8 cm³/mol. The molecule has 4 heteroatoms. The van der Waals surface area contributed by atoms with E-state index in [9.17, 15) is 0 Å². The highest BCUT2D eigenvalue weighted by Crippen LogP contribution is 2.07. The topological polar surface area (TPSA) is 27.7 Å². The van der Waals surface area contributed by atoms with Crippen LogP contribution in [0.1, 0.15) is 6.92 Å². The van der Waals surface area contributed by atoms with E-state index in [1.807, 2.05) is 13.0 Å². The molecule has 3 nitrogen and oxygen atoms in total. The van der Waals surface area contributed by atoms with Crippen molar-refractivity contribution in [1.29, 1.82) is 0 Å². The van der Waals surface area contributed by atoms with E-state index in [4.69, 9.17) is 13.3 Å². The molecule has 55 valence electrons. The molecule has 9 heavy (non-hydrogen) atoms. The molecule has 0 atom stereocenters. The molecular weight excluding hydrogens is 136 g/mol. The molecule has 0 rings (SSSR count). The number of rotatable bonds is 4. The van der Waals surface area contributed by atoms with Crippen LogP contribution in [0.5, 0.6) is 0 Å². The summed E-state index contributed by atoms with van der Waals surface area (Å²) in [6, 6.07) is 1.83. The van der Waals surface area contributed by atoms with Crippen LogP contribution in [0.15, 0.2) is 0 Å². The van der Waals surface area contributed by atoms with Gasteiger partial charge in [0.2, 0.25) is 0 Å². The van der Waals surface area contributed by atoms with Crippen molar-refractivity contribution in [3.8, 4) is 0 Å². The van der Waals surface area contributed by atoms with Gasteiger partial charge in [-0.1, -0.05) is 6.92 Å². The maximum Gasteiger partial charge on any atom is 0.503 e. The Morgan fingerprint density at radius 1 is 1.00 bits per heavy atom. The van der Waals surface area contributed by atoms with Gasteiger partial charge in [-0.3, -0.25) is 0 Å². The Hall–Kier alpha value is 0.0969. The van der Waals surface area contributed by atoms with E-state index in [2.05, 4.69) is 0 Å². The molecule has 0 bridgehead atoms. The Morgan fingerprint density at radius 3 is 1.33 bits per heavy atom. The van der Waals surface area contributed by atoms with Crippen LogP contribution in [0.4, 0.5) is 0 Å². The van der Waals surface area contributed by atoms with Crippen molar-refractivity contribution in [1.82, 2.24) is 0 Å². The Balaban J connectivity index is 3.82. The molecule has 0 aliphatic carbocycles. The molecule has 0 aromatic heterocycles. The summed E-state index contributed by atoms with van der Waals surface area (Å²) in [5.41, 5.74) is 0. The molecule has 0 amide bonds. The minimum Gasteiger partial charge on any atom is -0.377 e. The van der Waals surface area contributed by atoms with Gasteiger partial charge < -0.3 is 13.3 Å². The molecule has 0 N–H and O–H groups in total. The maximum absolute atomic E-state index is 5.02. The molecule has 0 aliphatic heterocycles. The van der Waals surface area contributed by atoms with Gasteiger partial charge in [-0.05, 0) is 0 Å². The van der Waals surface area contributed by atoms with Gasteiger partial charge in [-0.2, -0.15) is 0 Å². The minimum atomic E-state index is -2.32. The highest BCUT2D eigenvalue weighted by molar-refractivity contribution is 6.64. The number of hydrogen-bond donors (Lipinski definition) is 0. The van der Waals surface area contributed by atoms with Gasteiger partial charge in [-0.25, -0.2) is 0 Å². The lowest BCUT2D eigenvalue weighted by Gasteiger charge is -2.21. The molecule has 0 aromatic carbocycles. The zero-order valence-electron chi connectivity index (χ0n) is 6.30. The zero-order chi connectivity index (χ0) is 7.33. The summed E-state index contributed by atoms with van der Waals surface area (Å²) in [4.78, 5) is 0. The quantitative estimate of drug-likeness (QED) is 0.549. The van der Waals surface area contributed by atoms with Crippen LogP contribution in [0.2, 0.25) is 0 Å². The average molecular weight is 149 g/mol. The second-order valence-corrected chi connectivity index (χ2v) is 4.51. The van der Waals surface area contributed by atoms with Crippen molar-refractivity contribution in [2.24, 2.45) is 0 Å². The molecule has 0 saturated carbocycles. The first kappa shape index (κ1) is 9.10. The Bertz CT molecular complexity index is 55.1. The Kier molecular flexibility index (Phi) is 4.04. The van der Waals surface area contributed by atoms with Crippen LogP contribution in [0.3, 0.4) is 0 Å². The highest BCUT2D eigenvalue weighted by Gasteiger charge is 2.35. The smallest absolute Gasteiger partial charge is 0.377 e. The monoisotopic (exact) mass is 149 g/mol. The normalized spacial score (nSPS) is 12.0. The summed E-state index contributed by atoms with van der Waals surface area (Å²) in [6.07, 6.45) is 0. The second-order valence-electron chi connectivity index (χ2n) is 1.50. The van der Waals surface area contributed by atoms with Gasteiger partial charge in [-0.15, -0.1) is 0 Å². The van der Waals surface area contributed by atoms with Gasteiger partial charge in [0.25, 0.3) is 0 Å². The lowest BCUT2D eigenvalue weighted by atomic mass is 11.0. The number of hydrogen-bond acceptors (Lipinski definition) is 3. The largest absolute Gasteiger partial charge is 0.503 e. The minimum absolute atomic E-state index is 1.58. The molecule has 0 fully saturated rings. The Morgan fingerprint density at radius 2 is 1.33 bits per heavy atom. The van der Waals surface area contributed by atoms with Crippen LogP contribution >= 0.6 is 0 Å². The summed E-state index contributed by atoms with van der Waals surface area (Å²) in [5.74, 6) is 0. The molecule has 1 radical (unpaired) electrons. The van der Waals surface area contributed by atoms with Gasteiger partial charge in [0, 0.05) is 27.4 Å². The van der Waals surface area contributed by atoms with Gasteiger partial charge >= 0.3 is 8.80 Å². The summed E-state index contributed by atoms with van der Waals surface area (Å²) < 4.78 is 15.1. The maximum atomic E-state index is 5.02. The summed E-state index contributed by atoms with van der Waals surface area (Å²) >= 11 is 0. The molecular formula is C5H13O3Si. The summed E-state index contributed by atoms with van der Waals surface area (Å²) in [5, 5.41) is 0. The van der Waals surface area contributed by atoms with Crippen LogP contribution in [0, 0.1) is 6.04 Å². The molecule has 0 aliphatic rings. The van der Waals surface area contributed by atoms with E-state index in [0.717, 1.165) is 0 Å². The van der Waals surface area contributed by atoms with Crippen molar-refractivity contribution < 1.29 is 13.3 Å². The van der Waals surface area contributed by atoms with Crippen molar-refractivity contribution in [3.63, 3.8) is 0 Å². The molecule has 0 aromatic rings. The van der Waals surface area contributed by atoms with E-state index in [0.29, 0.717) is 0 Å². The first-order valence-corrected chi connectivity index (χ1v) is 4.51. The fourth-order valence-corrected chi connectivity index (χ4v) is 1.81. The first-order chi connectivity index (χ1) is 4.24. The summed E-state index contributed by atoms with van der Waals surface area (Å²) in [6.45, 7) is 1.86. The lowest BCUT2D eigenvalue weighted by molar-refractivity contribution is 0.133. The third-order valence-electron chi connectivity index (χ3n) is 1.21. The molecule has 0 saturated heterocycles. The van der Waals surface area contributed by atoms with E-state index < -0.39 is 8.80 Å².